The first-order valence-electron chi connectivity index (χ1n) is 6.09. The standard InChI is InChI=1S/C16H14ClNO2/c1-11(9-16(19)20-2)12-6-7-14(17)13(10-12)15-5-3-4-8-18-15/h3-10H,1-2H3/b11-9+. The summed E-state index contributed by atoms with van der Waals surface area (Å²) >= 11 is 6.22. The van der Waals surface area contributed by atoms with E-state index in [1.807, 2.05) is 37.3 Å². The van der Waals surface area contributed by atoms with Crippen molar-refractivity contribution < 1.29 is 9.53 Å². The summed E-state index contributed by atoms with van der Waals surface area (Å²) in [6.45, 7) is 1.85. The number of hydrogen-bond acceptors (Lipinski definition) is 3. The average Bonchev–Trinajstić information content (AvgIpc) is 2.48. The van der Waals surface area contributed by atoms with Crippen molar-refractivity contribution in [2.45, 2.75) is 6.92 Å². The normalized spacial score (nSPS) is 11.2. The van der Waals surface area contributed by atoms with Crippen LogP contribution < -0.4 is 0 Å². The van der Waals surface area contributed by atoms with E-state index in [0.717, 1.165) is 22.4 Å². The number of ether oxygens (including phenoxy) is 1. The lowest BCUT2D eigenvalue weighted by atomic mass is 10.0. The summed E-state index contributed by atoms with van der Waals surface area (Å²) < 4.78 is 4.63. The van der Waals surface area contributed by atoms with E-state index in [9.17, 15) is 4.79 Å². The maximum atomic E-state index is 11.3. The highest BCUT2D eigenvalue weighted by atomic mass is 35.5. The Morgan fingerprint density at radius 2 is 2.10 bits per heavy atom. The zero-order valence-electron chi connectivity index (χ0n) is 11.3. The van der Waals surface area contributed by atoms with Gasteiger partial charge in [0.2, 0.25) is 0 Å². The van der Waals surface area contributed by atoms with E-state index < -0.39 is 0 Å². The van der Waals surface area contributed by atoms with Crippen LogP contribution in [-0.2, 0) is 9.53 Å². The molecule has 0 unspecified atom stereocenters. The second-order valence-electron chi connectivity index (χ2n) is 4.26. The number of allylic oxidation sites excluding steroid dienone is 1. The van der Waals surface area contributed by atoms with Crippen LogP contribution in [0.5, 0.6) is 0 Å². The molecular formula is C16H14ClNO2. The Bertz CT molecular complexity index is 651. The monoisotopic (exact) mass is 287 g/mol. The molecule has 0 aliphatic heterocycles. The van der Waals surface area contributed by atoms with Gasteiger partial charge in [-0.2, -0.15) is 0 Å². The van der Waals surface area contributed by atoms with E-state index >= 15 is 0 Å². The Morgan fingerprint density at radius 3 is 2.75 bits per heavy atom. The molecule has 0 aliphatic carbocycles. The lowest BCUT2D eigenvalue weighted by Gasteiger charge is -2.07. The molecule has 3 nitrogen and oxygen atoms in total. The molecule has 1 aromatic carbocycles. The highest BCUT2D eigenvalue weighted by molar-refractivity contribution is 6.33. The average molecular weight is 288 g/mol. The fourth-order valence-corrected chi connectivity index (χ4v) is 2.02. The van der Waals surface area contributed by atoms with Gasteiger partial charge in [0.1, 0.15) is 0 Å². The molecule has 0 N–H and O–H groups in total. The van der Waals surface area contributed by atoms with Crippen molar-refractivity contribution in [3.8, 4) is 11.3 Å². The lowest BCUT2D eigenvalue weighted by Crippen LogP contribution is -1.96. The van der Waals surface area contributed by atoms with Crippen LogP contribution in [0.15, 0.2) is 48.7 Å². The number of aromatic nitrogens is 1. The molecule has 0 saturated carbocycles. The van der Waals surface area contributed by atoms with Crippen LogP contribution in [0.1, 0.15) is 12.5 Å². The van der Waals surface area contributed by atoms with E-state index in [-0.39, 0.29) is 5.97 Å². The highest BCUT2D eigenvalue weighted by Crippen LogP contribution is 2.29. The molecule has 0 saturated heterocycles. The summed E-state index contributed by atoms with van der Waals surface area (Å²) in [6.07, 6.45) is 3.17. The Kier molecular flexibility index (Phi) is 4.53. The van der Waals surface area contributed by atoms with Crippen LogP contribution in [0.25, 0.3) is 16.8 Å². The number of carbonyl (C=O) groups is 1. The Hall–Kier alpha value is -2.13. The fraction of sp³-hybridized carbons (Fsp3) is 0.125. The smallest absolute Gasteiger partial charge is 0.330 e. The molecule has 20 heavy (non-hydrogen) atoms. The van der Waals surface area contributed by atoms with E-state index in [4.69, 9.17) is 11.6 Å². The molecule has 2 aromatic rings. The Balaban J connectivity index is 2.44. The predicted molar refractivity (Wildman–Crippen MR) is 80.4 cm³/mol. The zero-order chi connectivity index (χ0) is 14.5. The molecular weight excluding hydrogens is 274 g/mol. The summed E-state index contributed by atoms with van der Waals surface area (Å²) in [7, 11) is 1.35. The molecule has 0 aliphatic rings. The van der Waals surface area contributed by atoms with Gasteiger partial charge < -0.3 is 4.74 Å². The zero-order valence-corrected chi connectivity index (χ0v) is 12.0. The summed E-state index contributed by atoms with van der Waals surface area (Å²) in [5.74, 6) is -0.378. The first kappa shape index (κ1) is 14.3. The topological polar surface area (TPSA) is 39.2 Å². The SMILES string of the molecule is COC(=O)/C=C(\C)c1ccc(Cl)c(-c2ccccn2)c1. The largest absolute Gasteiger partial charge is 0.466 e. The van der Waals surface area contributed by atoms with Crippen molar-refractivity contribution in [3.05, 3.63) is 59.3 Å². The number of rotatable bonds is 3. The van der Waals surface area contributed by atoms with Gasteiger partial charge in [-0.15, -0.1) is 0 Å². The van der Waals surface area contributed by atoms with Crippen molar-refractivity contribution in [1.29, 1.82) is 0 Å². The van der Waals surface area contributed by atoms with Crippen LogP contribution in [0.4, 0.5) is 0 Å². The molecule has 0 bridgehead atoms. The third-order valence-electron chi connectivity index (χ3n) is 2.90. The minimum atomic E-state index is -0.378. The minimum Gasteiger partial charge on any atom is -0.466 e. The second-order valence-corrected chi connectivity index (χ2v) is 4.67. The summed E-state index contributed by atoms with van der Waals surface area (Å²) in [4.78, 5) is 15.6. The van der Waals surface area contributed by atoms with Crippen molar-refractivity contribution in [3.63, 3.8) is 0 Å². The van der Waals surface area contributed by atoms with Gasteiger partial charge in [0, 0.05) is 22.9 Å². The van der Waals surface area contributed by atoms with Crippen molar-refractivity contribution in [1.82, 2.24) is 4.98 Å². The third-order valence-corrected chi connectivity index (χ3v) is 3.23. The number of pyridine rings is 1. The van der Waals surface area contributed by atoms with E-state index in [0.29, 0.717) is 5.02 Å². The van der Waals surface area contributed by atoms with Gasteiger partial charge in [-0.1, -0.05) is 23.7 Å². The number of hydrogen-bond donors (Lipinski definition) is 0. The number of nitrogens with zero attached hydrogens (tertiary/aromatic N) is 1. The summed E-state index contributed by atoms with van der Waals surface area (Å²) in [5.41, 5.74) is 3.35. The van der Waals surface area contributed by atoms with E-state index in [2.05, 4.69) is 9.72 Å². The minimum absolute atomic E-state index is 0.378. The van der Waals surface area contributed by atoms with Crippen molar-refractivity contribution in [2.24, 2.45) is 0 Å². The quantitative estimate of drug-likeness (QED) is 0.633. The highest BCUT2D eigenvalue weighted by Gasteiger charge is 2.07. The van der Waals surface area contributed by atoms with E-state index in [1.165, 1.54) is 13.2 Å². The molecule has 2 rings (SSSR count). The van der Waals surface area contributed by atoms with Gasteiger partial charge in [-0.3, -0.25) is 4.98 Å². The van der Waals surface area contributed by atoms with Crippen LogP contribution >= 0.6 is 11.6 Å². The van der Waals surface area contributed by atoms with Crippen LogP contribution in [-0.4, -0.2) is 18.1 Å². The van der Waals surface area contributed by atoms with Gasteiger partial charge in [0.25, 0.3) is 0 Å². The van der Waals surface area contributed by atoms with Crippen LogP contribution in [0.2, 0.25) is 5.02 Å². The molecule has 0 fully saturated rings. The molecule has 1 heterocycles. The lowest BCUT2D eigenvalue weighted by molar-refractivity contribution is -0.134. The molecule has 0 radical (unpaired) electrons. The maximum absolute atomic E-state index is 11.3. The first-order chi connectivity index (χ1) is 9.61. The number of halogens is 1. The van der Waals surface area contributed by atoms with Crippen LogP contribution in [0.3, 0.4) is 0 Å². The Labute approximate surface area is 122 Å². The maximum Gasteiger partial charge on any atom is 0.330 e. The first-order valence-corrected chi connectivity index (χ1v) is 6.47. The summed E-state index contributed by atoms with van der Waals surface area (Å²) in [6, 6.07) is 11.2. The van der Waals surface area contributed by atoms with Gasteiger partial charge in [0.05, 0.1) is 12.8 Å². The van der Waals surface area contributed by atoms with Crippen molar-refractivity contribution in [2.75, 3.05) is 7.11 Å². The Morgan fingerprint density at radius 1 is 1.30 bits per heavy atom. The van der Waals surface area contributed by atoms with Gasteiger partial charge in [-0.05, 0) is 42.3 Å². The van der Waals surface area contributed by atoms with Gasteiger partial charge in [-0.25, -0.2) is 4.79 Å². The molecule has 0 amide bonds. The second kappa shape index (κ2) is 6.35. The molecule has 1 aromatic heterocycles. The molecule has 0 atom stereocenters. The number of esters is 1. The van der Waals surface area contributed by atoms with Gasteiger partial charge in [0.15, 0.2) is 0 Å². The molecule has 0 spiro atoms. The molecule has 4 heteroatoms. The summed E-state index contributed by atoms with van der Waals surface area (Å²) in [5, 5.41) is 0.623. The number of benzene rings is 1. The van der Waals surface area contributed by atoms with Gasteiger partial charge >= 0.3 is 5.97 Å². The third kappa shape index (κ3) is 3.25. The predicted octanol–water partition coefficient (Wildman–Crippen LogP) is 3.98. The molecule has 102 valence electrons. The number of methoxy groups -OCH3 is 1. The fourth-order valence-electron chi connectivity index (χ4n) is 1.81. The van der Waals surface area contributed by atoms with Crippen LogP contribution in [0, 0.1) is 0 Å². The van der Waals surface area contributed by atoms with Crippen molar-refractivity contribution >= 4 is 23.1 Å². The number of carbonyl (C=O) groups excluding carboxylic acids is 1. The van der Waals surface area contributed by atoms with E-state index in [1.54, 1.807) is 12.3 Å².